The second kappa shape index (κ2) is 73.9. The second-order valence-electron chi connectivity index (χ2n) is 29.1. The molecule has 560 valence electrons. The molecule has 0 aromatic rings. The highest BCUT2D eigenvalue weighted by Gasteiger charge is 2.01. The number of alkyl halides is 1. The Labute approximate surface area is 624 Å². The zero-order valence-electron chi connectivity index (χ0n) is 68.4. The third-order valence-electron chi connectivity index (χ3n) is 17.3. The summed E-state index contributed by atoms with van der Waals surface area (Å²) in [5, 5.41) is 8.90. The van der Waals surface area contributed by atoms with E-state index in [1.54, 1.807) is 6.92 Å². The molecule has 0 spiro atoms. The van der Waals surface area contributed by atoms with E-state index in [-0.39, 0.29) is 14.0 Å². The van der Waals surface area contributed by atoms with Gasteiger partial charge in [-0.05, 0) is 351 Å². The molecule has 0 fully saturated rings. The standard InChI is InChI=1S/C33H52.C30H49Cl.C30H50O.C3H4.CH4/c1-9-10-11-18-29(4)20-13-22-31(6)24-15-26-33(8)27-16-25-32(7)23-14-21-30(5)19-12-17-28(2)3;2*1-25(2)13-8-14-26(3)15-9-16-27(4)17-10-18-28(5)19-11-20-29(6)21-12-22-30(7)23-24-31;1-3-2;/h1,17-18,21-22,25-26H,10-16,19-20,23-24,27H2,2-8H3;13,15,17,19,21,23H,8-12,14,16,18,20,22,24H2,1-7H3;13,15,17,19,21,23,31H,8-12,14,16,18,20,22,24H2,1-7H3;1H,2H3;1H4/b29-18+,30-21+,31-22+,32-25+,33-26+;2*26-15+,27-17+,28-19+,29-21+,30-23+;;. The summed E-state index contributed by atoms with van der Waals surface area (Å²) in [6.07, 6.45) is 88.8. The van der Waals surface area contributed by atoms with E-state index in [0.29, 0.717) is 5.88 Å². The number of aliphatic hydroxyl groups is 1. The van der Waals surface area contributed by atoms with Crippen molar-refractivity contribution in [3.63, 3.8) is 0 Å². The lowest BCUT2D eigenvalue weighted by Gasteiger charge is -2.04. The van der Waals surface area contributed by atoms with Crippen LogP contribution in [0.15, 0.2) is 210 Å². The van der Waals surface area contributed by atoms with Crippen molar-refractivity contribution >= 4 is 11.6 Å². The molecule has 0 aliphatic carbocycles. The summed E-state index contributed by atoms with van der Waals surface area (Å²) in [4.78, 5) is 0. The lowest BCUT2D eigenvalue weighted by molar-refractivity contribution is 0.341. The average molecular weight is 1380 g/mol. The first-order chi connectivity index (χ1) is 46.6. The summed E-state index contributed by atoms with van der Waals surface area (Å²) in [6.45, 7) is 48.5. The predicted octanol–water partition coefficient (Wildman–Crippen LogP) is 32.7. The van der Waals surface area contributed by atoms with Crippen molar-refractivity contribution in [2.24, 2.45) is 0 Å². The molecule has 99 heavy (non-hydrogen) atoms. The molecule has 0 aromatic heterocycles. The van der Waals surface area contributed by atoms with Gasteiger partial charge in [0, 0.05) is 12.3 Å². The van der Waals surface area contributed by atoms with Crippen LogP contribution < -0.4 is 0 Å². The molecule has 1 N–H and O–H groups in total. The molecule has 0 atom stereocenters. The zero-order chi connectivity index (χ0) is 74.6. The van der Waals surface area contributed by atoms with Gasteiger partial charge in [0.25, 0.3) is 0 Å². The Morgan fingerprint density at radius 3 is 0.505 bits per heavy atom. The van der Waals surface area contributed by atoms with Crippen LogP contribution in [-0.4, -0.2) is 17.6 Å². The molecule has 0 rings (SSSR count). The summed E-state index contributed by atoms with van der Waals surface area (Å²) in [7, 11) is 0. The molecule has 0 aromatic carbocycles. The highest BCUT2D eigenvalue weighted by Crippen LogP contribution is 2.21. The van der Waals surface area contributed by atoms with E-state index in [4.69, 9.17) is 23.1 Å². The summed E-state index contributed by atoms with van der Waals surface area (Å²) >= 11 is 5.74. The highest BCUT2D eigenvalue weighted by atomic mass is 35.5. The van der Waals surface area contributed by atoms with Gasteiger partial charge in [0.15, 0.2) is 0 Å². The average Bonchev–Trinajstić information content (AvgIpc) is 2.96. The highest BCUT2D eigenvalue weighted by molar-refractivity contribution is 6.18. The fraction of sp³-hybridized carbons (Fsp3) is 0.588. The van der Waals surface area contributed by atoms with Gasteiger partial charge in [-0.2, -0.15) is 0 Å². The summed E-state index contributed by atoms with van der Waals surface area (Å²) < 4.78 is 0. The van der Waals surface area contributed by atoms with Crippen LogP contribution in [0.1, 0.15) is 365 Å². The number of aliphatic hydroxyl groups excluding tert-OH is 1. The summed E-state index contributed by atoms with van der Waals surface area (Å²) in [6, 6.07) is 0. The molecule has 0 saturated carbocycles. The molecule has 0 saturated heterocycles. The molecule has 1 nitrogen and oxygen atoms in total. The van der Waals surface area contributed by atoms with Crippen molar-refractivity contribution in [1.82, 2.24) is 0 Å². The molecular weight excluding hydrogens is 1220 g/mol. The van der Waals surface area contributed by atoms with Gasteiger partial charge in [-0.25, -0.2) is 0 Å². The molecule has 0 aliphatic heterocycles. The van der Waals surface area contributed by atoms with Gasteiger partial charge in [0.05, 0.1) is 6.61 Å². The lowest BCUT2D eigenvalue weighted by Crippen LogP contribution is -1.84. The minimum atomic E-state index is 0. The third kappa shape index (κ3) is 83.3. The molecule has 0 aliphatic rings. The predicted molar refractivity (Wildman–Crippen MR) is 460 cm³/mol. The first-order valence-corrected chi connectivity index (χ1v) is 38.9. The SMILES string of the molecule is C.C#CC.C#CCC/C=C(\C)CC/C=C(\C)CC/C=C(\C)CC/C=C(\C)CC/C=C(\C)CCC=C(C)C.CC(C)=CCC/C(C)=C/CC/C(C)=C/CC/C(C)=C/CC/C(C)=C/CC/C(C)=C/CCl.CC(C)=CCC/C(C)=C/CC/C(C)=C/CC/C(C)=C/CC/C(C)=C/CC/C(C)=C/CO. The van der Waals surface area contributed by atoms with Crippen molar-refractivity contribution in [3.05, 3.63) is 210 Å². The Morgan fingerprint density at radius 1 is 0.242 bits per heavy atom. The smallest absolute Gasteiger partial charge is 0.0614 e. The summed E-state index contributed by atoms with van der Waals surface area (Å²) in [5.41, 5.74) is 26.6. The third-order valence-corrected chi connectivity index (χ3v) is 17.5. The molecular formula is C97H159ClO. The molecule has 0 amide bonds. The monoisotopic (exact) mass is 1380 g/mol. The normalized spacial score (nSPS) is 13.6. The van der Waals surface area contributed by atoms with Crippen LogP contribution in [0.2, 0.25) is 0 Å². The second-order valence-corrected chi connectivity index (χ2v) is 29.4. The van der Waals surface area contributed by atoms with E-state index in [1.165, 1.54) is 216 Å². The van der Waals surface area contributed by atoms with Crippen molar-refractivity contribution in [2.75, 3.05) is 12.5 Å². The van der Waals surface area contributed by atoms with E-state index >= 15 is 0 Å². The Hall–Kier alpha value is -5.31. The zero-order valence-corrected chi connectivity index (χ0v) is 69.2. The van der Waals surface area contributed by atoms with Crippen molar-refractivity contribution in [3.8, 4) is 24.7 Å². The molecule has 0 bridgehead atoms. The number of unbranched alkanes of at least 4 members (excludes halogenated alkanes) is 1. The number of hydrogen-bond donors (Lipinski definition) is 1. The van der Waals surface area contributed by atoms with Gasteiger partial charge in [-0.1, -0.05) is 217 Å². The van der Waals surface area contributed by atoms with Crippen LogP contribution in [0.3, 0.4) is 0 Å². The van der Waals surface area contributed by atoms with Gasteiger partial charge in [0.1, 0.15) is 0 Å². The van der Waals surface area contributed by atoms with E-state index < -0.39 is 0 Å². The van der Waals surface area contributed by atoms with Gasteiger partial charge in [-0.3, -0.25) is 0 Å². The fourth-order valence-corrected chi connectivity index (χ4v) is 10.8. The molecule has 0 radical (unpaired) electrons. The molecule has 0 unspecified atom stereocenters. The Morgan fingerprint density at radius 2 is 0.374 bits per heavy atom. The van der Waals surface area contributed by atoms with Crippen LogP contribution in [0.4, 0.5) is 0 Å². The fourth-order valence-electron chi connectivity index (χ4n) is 10.5. The van der Waals surface area contributed by atoms with Crippen molar-refractivity contribution in [2.45, 2.75) is 365 Å². The largest absolute Gasteiger partial charge is 0.392 e. The van der Waals surface area contributed by atoms with Crippen LogP contribution >= 0.6 is 11.6 Å². The quantitative estimate of drug-likeness (QED) is 0.0279. The maximum atomic E-state index is 8.90. The van der Waals surface area contributed by atoms with Crippen LogP contribution in [0.25, 0.3) is 0 Å². The minimum Gasteiger partial charge on any atom is -0.392 e. The van der Waals surface area contributed by atoms with Gasteiger partial charge >= 0.3 is 0 Å². The Bertz CT molecular complexity index is 2640. The maximum Gasteiger partial charge on any atom is 0.0614 e. The number of terminal acetylenes is 2. The maximum absolute atomic E-state index is 8.90. The van der Waals surface area contributed by atoms with E-state index in [9.17, 15) is 0 Å². The Kier molecular flexibility index (Phi) is 76.4. The van der Waals surface area contributed by atoms with Crippen LogP contribution in [0, 0.1) is 24.7 Å². The van der Waals surface area contributed by atoms with Crippen LogP contribution in [0.5, 0.6) is 0 Å². The van der Waals surface area contributed by atoms with E-state index in [0.717, 1.165) is 89.9 Å². The van der Waals surface area contributed by atoms with Gasteiger partial charge < -0.3 is 5.11 Å². The molecule has 2 heteroatoms. The van der Waals surface area contributed by atoms with E-state index in [1.807, 2.05) is 6.08 Å². The minimum absolute atomic E-state index is 0. The van der Waals surface area contributed by atoms with Gasteiger partial charge in [-0.15, -0.1) is 36.3 Å². The first kappa shape index (κ1) is 102. The van der Waals surface area contributed by atoms with Crippen LogP contribution in [-0.2, 0) is 0 Å². The topological polar surface area (TPSA) is 20.2 Å². The number of hydrogen-bond acceptors (Lipinski definition) is 1. The molecule has 0 heterocycles. The van der Waals surface area contributed by atoms with Crippen molar-refractivity contribution < 1.29 is 5.11 Å². The van der Waals surface area contributed by atoms with Gasteiger partial charge in [0.2, 0.25) is 0 Å². The lowest BCUT2D eigenvalue weighted by atomic mass is 10.0. The number of allylic oxidation sites excluding steroid dienone is 35. The van der Waals surface area contributed by atoms with E-state index in [2.05, 4.69) is 267 Å². The number of rotatable bonds is 49. The summed E-state index contributed by atoms with van der Waals surface area (Å²) in [5.74, 6) is 5.57. The first-order valence-electron chi connectivity index (χ1n) is 38.4. The number of halogens is 1. The Balaban J connectivity index is -0.000000435. The van der Waals surface area contributed by atoms with Crippen molar-refractivity contribution in [1.29, 1.82) is 0 Å².